The smallest absolute Gasteiger partial charge is 0.254 e. The summed E-state index contributed by atoms with van der Waals surface area (Å²) in [5, 5.41) is 2.63. The molecule has 2 aromatic rings. The van der Waals surface area contributed by atoms with E-state index < -0.39 is 23.6 Å². The number of hydrogen-bond donors (Lipinski definition) is 1. The Morgan fingerprint density at radius 3 is 2.39 bits per heavy atom. The zero-order chi connectivity index (χ0) is 20.8. The average molecular weight is 453 g/mol. The summed E-state index contributed by atoms with van der Waals surface area (Å²) >= 11 is 3.30. The first kappa shape index (κ1) is 22.0. The Morgan fingerprint density at radius 1 is 1.11 bits per heavy atom. The lowest BCUT2D eigenvalue weighted by Crippen LogP contribution is -2.51. The fourth-order valence-corrected chi connectivity index (χ4v) is 3.20. The molecule has 0 saturated heterocycles. The lowest BCUT2D eigenvalue weighted by atomic mass is 10.0. The highest BCUT2D eigenvalue weighted by molar-refractivity contribution is 9.10. The van der Waals surface area contributed by atoms with E-state index in [9.17, 15) is 18.4 Å². The van der Waals surface area contributed by atoms with Crippen molar-refractivity contribution in [1.82, 2.24) is 10.2 Å². The SMILES string of the molecule is CCN(Cc1cc(Br)ccc1F)C(=O)C(NC(=O)c1ccccc1F)C(C)C. The van der Waals surface area contributed by atoms with Crippen LogP contribution in [0.5, 0.6) is 0 Å². The normalized spacial score (nSPS) is 12.0. The molecular weight excluding hydrogens is 430 g/mol. The zero-order valence-electron chi connectivity index (χ0n) is 16.0. The molecule has 1 atom stereocenters. The highest BCUT2D eigenvalue weighted by atomic mass is 79.9. The highest BCUT2D eigenvalue weighted by Crippen LogP contribution is 2.19. The molecule has 0 aliphatic rings. The van der Waals surface area contributed by atoms with Crippen molar-refractivity contribution in [3.05, 3.63) is 69.7 Å². The maximum Gasteiger partial charge on any atom is 0.254 e. The van der Waals surface area contributed by atoms with Crippen LogP contribution in [0, 0.1) is 17.6 Å². The fraction of sp³-hybridized carbons (Fsp3) is 0.333. The number of likely N-dealkylation sites (N-methyl/N-ethyl adjacent to an activating group) is 1. The molecule has 0 saturated carbocycles. The van der Waals surface area contributed by atoms with E-state index >= 15 is 0 Å². The molecule has 0 heterocycles. The number of hydrogen-bond acceptors (Lipinski definition) is 2. The minimum atomic E-state index is -0.859. The molecule has 2 amide bonds. The van der Waals surface area contributed by atoms with Crippen LogP contribution in [0.3, 0.4) is 0 Å². The Balaban J connectivity index is 2.21. The molecule has 4 nitrogen and oxygen atoms in total. The number of carbonyl (C=O) groups is 2. The van der Waals surface area contributed by atoms with Gasteiger partial charge in [0.1, 0.15) is 17.7 Å². The molecule has 0 spiro atoms. The number of carbonyl (C=O) groups excluding carboxylic acids is 2. The van der Waals surface area contributed by atoms with E-state index in [-0.39, 0.29) is 23.9 Å². The van der Waals surface area contributed by atoms with Gasteiger partial charge in [-0.1, -0.05) is 41.9 Å². The topological polar surface area (TPSA) is 49.4 Å². The Hall–Kier alpha value is -2.28. The van der Waals surface area contributed by atoms with Crippen molar-refractivity contribution in [3.63, 3.8) is 0 Å². The molecule has 0 aliphatic carbocycles. The Kier molecular flexibility index (Phi) is 7.69. The van der Waals surface area contributed by atoms with Crippen molar-refractivity contribution in [1.29, 1.82) is 0 Å². The fourth-order valence-electron chi connectivity index (χ4n) is 2.79. The van der Waals surface area contributed by atoms with E-state index in [1.807, 2.05) is 0 Å². The minimum absolute atomic E-state index is 0.0688. The van der Waals surface area contributed by atoms with Gasteiger partial charge in [0.15, 0.2) is 0 Å². The summed E-state index contributed by atoms with van der Waals surface area (Å²) < 4.78 is 28.7. The molecule has 1 N–H and O–H groups in total. The van der Waals surface area contributed by atoms with Crippen LogP contribution in [0.2, 0.25) is 0 Å². The molecule has 7 heteroatoms. The van der Waals surface area contributed by atoms with E-state index in [2.05, 4.69) is 21.2 Å². The van der Waals surface area contributed by atoms with Crippen LogP contribution in [-0.4, -0.2) is 29.3 Å². The van der Waals surface area contributed by atoms with Gasteiger partial charge in [0.2, 0.25) is 5.91 Å². The van der Waals surface area contributed by atoms with Gasteiger partial charge in [0.25, 0.3) is 5.91 Å². The number of amides is 2. The van der Waals surface area contributed by atoms with Crippen LogP contribution in [0.1, 0.15) is 36.7 Å². The third-order valence-electron chi connectivity index (χ3n) is 4.40. The predicted molar refractivity (Wildman–Crippen MR) is 108 cm³/mol. The van der Waals surface area contributed by atoms with Gasteiger partial charge < -0.3 is 10.2 Å². The van der Waals surface area contributed by atoms with Crippen molar-refractivity contribution in [2.24, 2.45) is 5.92 Å². The summed E-state index contributed by atoms with van der Waals surface area (Å²) in [6.45, 7) is 5.77. The van der Waals surface area contributed by atoms with Crippen LogP contribution in [0.15, 0.2) is 46.9 Å². The molecule has 28 heavy (non-hydrogen) atoms. The first-order valence-corrected chi connectivity index (χ1v) is 9.82. The van der Waals surface area contributed by atoms with Crippen molar-refractivity contribution < 1.29 is 18.4 Å². The largest absolute Gasteiger partial charge is 0.340 e. The van der Waals surface area contributed by atoms with Gasteiger partial charge in [-0.2, -0.15) is 0 Å². The summed E-state index contributed by atoms with van der Waals surface area (Å²) in [4.78, 5) is 27.0. The van der Waals surface area contributed by atoms with Gasteiger partial charge in [-0.15, -0.1) is 0 Å². The van der Waals surface area contributed by atoms with Crippen molar-refractivity contribution in [2.75, 3.05) is 6.54 Å². The first-order chi connectivity index (χ1) is 13.2. The summed E-state index contributed by atoms with van der Waals surface area (Å²) in [5.41, 5.74) is 0.245. The van der Waals surface area contributed by atoms with Gasteiger partial charge in [-0.05, 0) is 43.2 Å². The van der Waals surface area contributed by atoms with Crippen LogP contribution in [0.25, 0.3) is 0 Å². The van der Waals surface area contributed by atoms with E-state index in [4.69, 9.17) is 0 Å². The van der Waals surface area contributed by atoms with E-state index in [0.717, 1.165) is 0 Å². The quantitative estimate of drug-likeness (QED) is 0.670. The molecule has 2 aromatic carbocycles. The molecule has 0 fully saturated rings. The first-order valence-electron chi connectivity index (χ1n) is 9.02. The summed E-state index contributed by atoms with van der Waals surface area (Å²) in [5.74, 6) is -2.30. The average Bonchev–Trinajstić information content (AvgIpc) is 2.66. The third kappa shape index (κ3) is 5.38. The number of nitrogens with zero attached hydrogens (tertiary/aromatic N) is 1. The Morgan fingerprint density at radius 2 is 1.79 bits per heavy atom. The predicted octanol–water partition coefficient (Wildman–Crippen LogP) is 4.53. The standard InChI is InChI=1S/C21H23BrF2N2O2/c1-4-26(12-14-11-15(22)9-10-17(14)23)21(28)19(13(2)3)25-20(27)16-7-5-6-8-18(16)24/h5-11,13,19H,4,12H2,1-3H3,(H,25,27). The summed E-state index contributed by atoms with van der Waals surface area (Å²) in [6.07, 6.45) is 0. The maximum atomic E-state index is 14.1. The molecule has 150 valence electrons. The number of rotatable bonds is 7. The molecule has 0 aliphatic heterocycles. The zero-order valence-corrected chi connectivity index (χ0v) is 17.6. The monoisotopic (exact) mass is 452 g/mol. The lowest BCUT2D eigenvalue weighted by Gasteiger charge is -2.29. The second kappa shape index (κ2) is 9.78. The van der Waals surface area contributed by atoms with Crippen LogP contribution in [0.4, 0.5) is 8.78 Å². The lowest BCUT2D eigenvalue weighted by molar-refractivity contribution is -0.134. The second-order valence-electron chi connectivity index (χ2n) is 6.76. The van der Waals surface area contributed by atoms with Gasteiger partial charge in [-0.25, -0.2) is 8.78 Å². The molecule has 0 radical (unpaired) electrons. The number of benzene rings is 2. The highest BCUT2D eigenvalue weighted by Gasteiger charge is 2.29. The molecule has 2 rings (SSSR count). The van der Waals surface area contributed by atoms with Gasteiger partial charge in [0.05, 0.1) is 5.56 Å². The van der Waals surface area contributed by atoms with Gasteiger partial charge in [-0.3, -0.25) is 9.59 Å². The van der Waals surface area contributed by atoms with E-state index in [1.54, 1.807) is 39.0 Å². The van der Waals surface area contributed by atoms with Crippen LogP contribution in [-0.2, 0) is 11.3 Å². The van der Waals surface area contributed by atoms with Crippen LogP contribution < -0.4 is 5.32 Å². The maximum absolute atomic E-state index is 14.1. The number of halogens is 3. The van der Waals surface area contributed by atoms with Crippen LogP contribution >= 0.6 is 15.9 Å². The third-order valence-corrected chi connectivity index (χ3v) is 4.89. The van der Waals surface area contributed by atoms with Crippen molar-refractivity contribution in [2.45, 2.75) is 33.4 Å². The Labute approximate surface area is 172 Å². The van der Waals surface area contributed by atoms with Crippen molar-refractivity contribution in [3.8, 4) is 0 Å². The molecule has 0 aromatic heterocycles. The Bertz CT molecular complexity index is 858. The van der Waals surface area contributed by atoms with E-state index in [0.29, 0.717) is 16.6 Å². The van der Waals surface area contributed by atoms with Crippen molar-refractivity contribution >= 4 is 27.7 Å². The second-order valence-corrected chi connectivity index (χ2v) is 7.68. The van der Waals surface area contributed by atoms with Gasteiger partial charge in [0, 0.05) is 23.1 Å². The number of nitrogens with one attached hydrogen (secondary N) is 1. The van der Waals surface area contributed by atoms with Gasteiger partial charge >= 0.3 is 0 Å². The summed E-state index contributed by atoms with van der Waals surface area (Å²) in [7, 11) is 0. The summed E-state index contributed by atoms with van der Waals surface area (Å²) in [6, 6.07) is 9.27. The molecule has 1 unspecified atom stereocenters. The molecule has 0 bridgehead atoms. The minimum Gasteiger partial charge on any atom is -0.340 e. The van der Waals surface area contributed by atoms with E-state index in [1.165, 1.54) is 29.2 Å². The molecular formula is C21H23BrF2N2O2.